The van der Waals surface area contributed by atoms with Crippen LogP contribution >= 0.6 is 11.6 Å². The molecule has 8 nitrogen and oxygen atoms in total. The summed E-state index contributed by atoms with van der Waals surface area (Å²) in [6.45, 7) is 0.208. The van der Waals surface area contributed by atoms with E-state index in [4.69, 9.17) is 31.0 Å². The molecule has 1 heterocycles. The Balaban J connectivity index is 1.84. The molecule has 1 amide bonds. The molecule has 2 aromatic rings. The Labute approximate surface area is 167 Å². The molecule has 0 fully saturated rings. The van der Waals surface area contributed by atoms with Crippen LogP contribution in [-0.4, -0.2) is 41.2 Å². The van der Waals surface area contributed by atoms with Gasteiger partial charge in [0.15, 0.2) is 0 Å². The number of carbonyl (C=O) groups excluding carboxylic acids is 1. The summed E-state index contributed by atoms with van der Waals surface area (Å²) in [6.07, 6.45) is 0.358. The van der Waals surface area contributed by atoms with E-state index < -0.39 is 10.0 Å². The second-order valence-electron chi connectivity index (χ2n) is 6.19. The lowest BCUT2D eigenvalue weighted by Gasteiger charge is -2.27. The number of sulfonamides is 1. The van der Waals surface area contributed by atoms with Gasteiger partial charge < -0.3 is 19.5 Å². The average molecular weight is 427 g/mol. The van der Waals surface area contributed by atoms with Crippen molar-refractivity contribution in [3.8, 4) is 17.2 Å². The molecule has 3 N–H and O–H groups in total. The first-order chi connectivity index (χ1) is 13.2. The lowest BCUT2D eigenvalue weighted by atomic mass is 10.0. The van der Waals surface area contributed by atoms with E-state index in [-0.39, 0.29) is 29.2 Å². The Morgan fingerprint density at radius 3 is 2.57 bits per heavy atom. The van der Waals surface area contributed by atoms with Crippen molar-refractivity contribution >= 4 is 27.5 Å². The second kappa shape index (κ2) is 7.86. The SMILES string of the molecule is COc1ccc(Cl)cc1C(=O)NC1COc2cc(OC)c(S(N)(=O)=O)cc2C1. The molecule has 1 aliphatic heterocycles. The predicted octanol–water partition coefficient (Wildman–Crippen LogP) is 1.74. The molecule has 0 aromatic heterocycles. The molecule has 3 rings (SSSR count). The molecule has 10 heteroatoms. The highest BCUT2D eigenvalue weighted by Gasteiger charge is 2.27. The van der Waals surface area contributed by atoms with Crippen molar-refractivity contribution in [3.63, 3.8) is 0 Å². The Kier molecular flexibility index (Phi) is 5.69. The van der Waals surface area contributed by atoms with Gasteiger partial charge in [0.1, 0.15) is 28.8 Å². The van der Waals surface area contributed by atoms with E-state index in [0.717, 1.165) is 0 Å². The summed E-state index contributed by atoms with van der Waals surface area (Å²) in [5, 5.41) is 8.51. The van der Waals surface area contributed by atoms with Crippen LogP contribution in [0.2, 0.25) is 5.02 Å². The molecule has 0 bridgehead atoms. The van der Waals surface area contributed by atoms with Gasteiger partial charge in [-0.2, -0.15) is 0 Å². The zero-order chi connectivity index (χ0) is 20.5. The number of fused-ring (bicyclic) bond motifs is 1. The summed E-state index contributed by atoms with van der Waals surface area (Å²) in [5.74, 6) is 0.597. The van der Waals surface area contributed by atoms with Crippen molar-refractivity contribution in [3.05, 3.63) is 46.5 Å². The van der Waals surface area contributed by atoms with Crippen LogP contribution in [0.25, 0.3) is 0 Å². The average Bonchev–Trinajstić information content (AvgIpc) is 2.66. The summed E-state index contributed by atoms with van der Waals surface area (Å²) >= 11 is 5.98. The van der Waals surface area contributed by atoms with Gasteiger partial charge in [0, 0.05) is 11.1 Å². The van der Waals surface area contributed by atoms with Gasteiger partial charge in [-0.1, -0.05) is 11.6 Å². The quantitative estimate of drug-likeness (QED) is 0.752. The molecule has 2 aromatic carbocycles. The Morgan fingerprint density at radius 2 is 1.93 bits per heavy atom. The molecular weight excluding hydrogens is 408 g/mol. The molecule has 1 atom stereocenters. The maximum absolute atomic E-state index is 12.6. The van der Waals surface area contributed by atoms with Gasteiger partial charge >= 0.3 is 0 Å². The number of ether oxygens (including phenoxy) is 3. The summed E-state index contributed by atoms with van der Waals surface area (Å²) in [5.41, 5.74) is 0.889. The molecule has 150 valence electrons. The van der Waals surface area contributed by atoms with Gasteiger partial charge in [-0.15, -0.1) is 0 Å². The van der Waals surface area contributed by atoms with Gasteiger partial charge in [-0.3, -0.25) is 4.79 Å². The van der Waals surface area contributed by atoms with Crippen molar-refractivity contribution in [1.29, 1.82) is 0 Å². The number of primary sulfonamides is 1. The van der Waals surface area contributed by atoms with E-state index in [1.807, 2.05) is 0 Å². The number of halogens is 1. The molecule has 28 heavy (non-hydrogen) atoms. The van der Waals surface area contributed by atoms with E-state index >= 15 is 0 Å². The summed E-state index contributed by atoms with van der Waals surface area (Å²) in [7, 11) is -1.17. The van der Waals surface area contributed by atoms with Crippen LogP contribution in [0.5, 0.6) is 17.2 Å². The molecule has 0 saturated carbocycles. The molecule has 1 aliphatic rings. The number of nitrogens with one attached hydrogen (secondary N) is 1. The molecule has 0 saturated heterocycles. The van der Waals surface area contributed by atoms with E-state index in [1.165, 1.54) is 32.4 Å². The van der Waals surface area contributed by atoms with Crippen molar-refractivity contribution in [1.82, 2.24) is 5.32 Å². The lowest BCUT2D eigenvalue weighted by Crippen LogP contribution is -2.42. The minimum Gasteiger partial charge on any atom is -0.496 e. The highest BCUT2D eigenvalue weighted by molar-refractivity contribution is 7.89. The van der Waals surface area contributed by atoms with Crippen molar-refractivity contribution in [2.45, 2.75) is 17.4 Å². The maximum Gasteiger partial charge on any atom is 0.255 e. The third kappa shape index (κ3) is 4.16. The van der Waals surface area contributed by atoms with Crippen LogP contribution < -0.4 is 24.7 Å². The fourth-order valence-electron chi connectivity index (χ4n) is 2.99. The zero-order valence-electron chi connectivity index (χ0n) is 15.2. The van der Waals surface area contributed by atoms with E-state index in [2.05, 4.69) is 5.32 Å². The van der Waals surface area contributed by atoms with Crippen LogP contribution in [0, 0.1) is 0 Å². The number of methoxy groups -OCH3 is 2. The summed E-state index contributed by atoms with van der Waals surface area (Å²) < 4.78 is 39.6. The molecular formula is C18H19ClN2O6S. The predicted molar refractivity (Wildman–Crippen MR) is 103 cm³/mol. The molecule has 0 spiro atoms. The molecule has 0 radical (unpaired) electrons. The Hall–Kier alpha value is -2.49. The first kappa shape index (κ1) is 20.2. The third-order valence-electron chi connectivity index (χ3n) is 4.30. The first-order valence-corrected chi connectivity index (χ1v) is 10.2. The van der Waals surface area contributed by atoms with E-state index in [0.29, 0.717) is 34.1 Å². The maximum atomic E-state index is 12.6. The van der Waals surface area contributed by atoms with Crippen LogP contribution in [-0.2, 0) is 16.4 Å². The highest BCUT2D eigenvalue weighted by atomic mass is 35.5. The highest BCUT2D eigenvalue weighted by Crippen LogP contribution is 2.34. The number of benzene rings is 2. The van der Waals surface area contributed by atoms with Gasteiger partial charge in [-0.25, -0.2) is 13.6 Å². The normalized spacial score (nSPS) is 15.9. The third-order valence-corrected chi connectivity index (χ3v) is 5.47. The van der Waals surface area contributed by atoms with Gasteiger partial charge in [0.2, 0.25) is 10.0 Å². The smallest absolute Gasteiger partial charge is 0.255 e. The second-order valence-corrected chi connectivity index (χ2v) is 8.15. The number of hydrogen-bond donors (Lipinski definition) is 2. The summed E-state index contributed by atoms with van der Waals surface area (Å²) in [6, 6.07) is 7.24. The summed E-state index contributed by atoms with van der Waals surface area (Å²) in [4.78, 5) is 12.5. The monoisotopic (exact) mass is 426 g/mol. The van der Waals surface area contributed by atoms with Crippen LogP contribution in [0.15, 0.2) is 35.2 Å². The van der Waals surface area contributed by atoms with Crippen molar-refractivity contribution in [2.75, 3.05) is 20.8 Å². The van der Waals surface area contributed by atoms with Gasteiger partial charge in [0.05, 0.1) is 25.8 Å². The largest absolute Gasteiger partial charge is 0.496 e. The lowest BCUT2D eigenvalue weighted by molar-refractivity contribution is 0.0912. The topological polar surface area (TPSA) is 117 Å². The van der Waals surface area contributed by atoms with Crippen molar-refractivity contribution < 1.29 is 27.4 Å². The minimum atomic E-state index is -3.98. The fourth-order valence-corrected chi connectivity index (χ4v) is 3.89. The number of amides is 1. The number of rotatable bonds is 5. The molecule has 1 unspecified atom stereocenters. The Bertz CT molecular complexity index is 1020. The number of nitrogens with two attached hydrogens (primary N) is 1. The number of hydrogen-bond acceptors (Lipinski definition) is 6. The minimum absolute atomic E-state index is 0.104. The standard InChI is InChI=1S/C18H19ClN2O6S/c1-25-14-4-3-11(19)7-13(14)18(22)21-12-5-10-6-17(28(20,23)24)16(26-2)8-15(10)27-9-12/h3-4,6-8,12H,5,9H2,1-2H3,(H,21,22)(H2,20,23,24). The first-order valence-electron chi connectivity index (χ1n) is 8.24. The van der Waals surface area contributed by atoms with E-state index in [1.54, 1.807) is 12.1 Å². The van der Waals surface area contributed by atoms with E-state index in [9.17, 15) is 13.2 Å². The van der Waals surface area contributed by atoms with Gasteiger partial charge in [0.25, 0.3) is 5.91 Å². The van der Waals surface area contributed by atoms with Gasteiger partial charge in [-0.05, 0) is 36.2 Å². The fraction of sp³-hybridized carbons (Fsp3) is 0.278. The Morgan fingerprint density at radius 1 is 1.21 bits per heavy atom. The number of carbonyl (C=O) groups is 1. The molecule has 0 aliphatic carbocycles. The van der Waals surface area contributed by atoms with Crippen molar-refractivity contribution in [2.24, 2.45) is 5.14 Å². The zero-order valence-corrected chi connectivity index (χ0v) is 16.8. The van der Waals surface area contributed by atoms with Crippen LogP contribution in [0.4, 0.5) is 0 Å². The van der Waals surface area contributed by atoms with Crippen LogP contribution in [0.3, 0.4) is 0 Å². The van der Waals surface area contributed by atoms with Crippen LogP contribution in [0.1, 0.15) is 15.9 Å².